The summed E-state index contributed by atoms with van der Waals surface area (Å²) in [7, 11) is 0. The summed E-state index contributed by atoms with van der Waals surface area (Å²) < 4.78 is 0. The summed E-state index contributed by atoms with van der Waals surface area (Å²) in [6, 6.07) is 7.89. The van der Waals surface area contributed by atoms with Gasteiger partial charge in [-0.15, -0.1) is 11.3 Å². The number of hydrogen-bond acceptors (Lipinski definition) is 4. The van der Waals surface area contributed by atoms with Gasteiger partial charge in [0.1, 0.15) is 5.00 Å². The highest BCUT2D eigenvalue weighted by Gasteiger charge is 2.21. The number of carbonyl (C=O) groups excluding carboxylic acids is 2. The second-order valence-electron chi connectivity index (χ2n) is 7.32. The monoisotopic (exact) mass is 383 g/mol. The van der Waals surface area contributed by atoms with Crippen molar-refractivity contribution >= 4 is 28.2 Å². The molecule has 142 valence electrons. The van der Waals surface area contributed by atoms with Crippen LogP contribution in [0.4, 0.5) is 5.00 Å². The maximum Gasteiger partial charge on any atom is 0.256 e. The highest BCUT2D eigenvalue weighted by molar-refractivity contribution is 7.14. The molecule has 0 spiro atoms. The Bertz CT molecular complexity index is 840. The van der Waals surface area contributed by atoms with Crippen LogP contribution < -0.4 is 16.0 Å². The molecule has 1 aliphatic carbocycles. The smallest absolute Gasteiger partial charge is 0.256 e. The first-order chi connectivity index (χ1) is 13.2. The first-order valence-corrected chi connectivity index (χ1v) is 10.6. The van der Waals surface area contributed by atoms with Gasteiger partial charge in [0.2, 0.25) is 0 Å². The fraction of sp³-hybridized carbons (Fsp3) is 0.429. The van der Waals surface area contributed by atoms with E-state index in [2.05, 4.69) is 22.0 Å². The lowest BCUT2D eigenvalue weighted by Crippen LogP contribution is -2.45. The lowest BCUT2D eigenvalue weighted by atomic mass is 9.90. The van der Waals surface area contributed by atoms with Crippen LogP contribution in [0.25, 0.3) is 0 Å². The first kappa shape index (κ1) is 18.2. The van der Waals surface area contributed by atoms with Gasteiger partial charge in [0.25, 0.3) is 11.8 Å². The molecule has 0 bridgehead atoms. The van der Waals surface area contributed by atoms with E-state index in [1.165, 1.54) is 35.3 Å². The SMILES string of the molecule is O=C(Nc1sccc1C(=O)N[C@H]1CCCNC1)c1ccc2c(c1)CCCC2. The molecule has 1 aromatic carbocycles. The largest absolute Gasteiger partial charge is 0.348 e. The normalized spacial score (nSPS) is 19.2. The number of thiophene rings is 1. The number of benzene rings is 1. The minimum absolute atomic E-state index is 0.120. The summed E-state index contributed by atoms with van der Waals surface area (Å²) in [6.45, 7) is 1.81. The van der Waals surface area contributed by atoms with Gasteiger partial charge in [-0.05, 0) is 79.8 Å². The van der Waals surface area contributed by atoms with Crippen molar-refractivity contribution in [3.8, 4) is 0 Å². The van der Waals surface area contributed by atoms with Crippen LogP contribution in [-0.4, -0.2) is 30.9 Å². The third-order valence-electron chi connectivity index (χ3n) is 5.38. The highest BCUT2D eigenvalue weighted by atomic mass is 32.1. The fourth-order valence-corrected chi connectivity index (χ4v) is 4.65. The average molecular weight is 384 g/mol. The van der Waals surface area contributed by atoms with Gasteiger partial charge in [0.05, 0.1) is 5.56 Å². The zero-order chi connectivity index (χ0) is 18.6. The van der Waals surface area contributed by atoms with E-state index in [-0.39, 0.29) is 17.9 Å². The maximum atomic E-state index is 12.7. The van der Waals surface area contributed by atoms with E-state index in [1.54, 1.807) is 6.07 Å². The van der Waals surface area contributed by atoms with Crippen LogP contribution in [-0.2, 0) is 12.8 Å². The number of fused-ring (bicyclic) bond motifs is 1. The minimum Gasteiger partial charge on any atom is -0.348 e. The van der Waals surface area contributed by atoms with E-state index >= 15 is 0 Å². The summed E-state index contributed by atoms with van der Waals surface area (Å²) in [4.78, 5) is 25.3. The third kappa shape index (κ3) is 4.22. The second-order valence-corrected chi connectivity index (χ2v) is 8.24. The fourth-order valence-electron chi connectivity index (χ4n) is 3.87. The van der Waals surface area contributed by atoms with Crippen molar-refractivity contribution in [3.63, 3.8) is 0 Å². The summed E-state index contributed by atoms with van der Waals surface area (Å²) >= 11 is 1.38. The van der Waals surface area contributed by atoms with Crippen molar-refractivity contribution in [2.24, 2.45) is 0 Å². The van der Waals surface area contributed by atoms with Crippen LogP contribution in [0.3, 0.4) is 0 Å². The van der Waals surface area contributed by atoms with Crippen molar-refractivity contribution in [2.45, 2.75) is 44.6 Å². The predicted molar refractivity (Wildman–Crippen MR) is 109 cm³/mol. The van der Waals surface area contributed by atoms with Gasteiger partial charge >= 0.3 is 0 Å². The predicted octanol–water partition coefficient (Wildman–Crippen LogP) is 3.36. The van der Waals surface area contributed by atoms with Crippen LogP contribution in [0.15, 0.2) is 29.6 Å². The Kier molecular flexibility index (Phi) is 5.55. The number of nitrogens with one attached hydrogen (secondary N) is 3. The molecule has 27 heavy (non-hydrogen) atoms. The van der Waals surface area contributed by atoms with Gasteiger partial charge in [0, 0.05) is 18.2 Å². The molecular weight excluding hydrogens is 358 g/mol. The van der Waals surface area contributed by atoms with Crippen molar-refractivity contribution < 1.29 is 9.59 Å². The Hall–Kier alpha value is -2.18. The number of aryl methyl sites for hydroxylation is 2. The Morgan fingerprint density at radius 3 is 2.70 bits per heavy atom. The topological polar surface area (TPSA) is 70.2 Å². The molecule has 0 radical (unpaired) electrons. The van der Waals surface area contributed by atoms with Gasteiger partial charge < -0.3 is 16.0 Å². The van der Waals surface area contributed by atoms with Gasteiger partial charge in [-0.25, -0.2) is 0 Å². The second kappa shape index (κ2) is 8.23. The zero-order valence-electron chi connectivity index (χ0n) is 15.3. The average Bonchev–Trinajstić information content (AvgIpc) is 3.16. The van der Waals surface area contributed by atoms with Crippen molar-refractivity contribution in [1.82, 2.24) is 10.6 Å². The number of rotatable bonds is 4. The van der Waals surface area contributed by atoms with E-state index in [1.807, 2.05) is 17.5 Å². The Balaban J connectivity index is 1.44. The molecule has 1 atom stereocenters. The maximum absolute atomic E-state index is 12.7. The Morgan fingerprint density at radius 2 is 1.89 bits per heavy atom. The Morgan fingerprint density at radius 1 is 1.04 bits per heavy atom. The molecule has 2 heterocycles. The number of carbonyl (C=O) groups is 2. The number of amides is 2. The molecule has 3 N–H and O–H groups in total. The minimum atomic E-state index is -0.154. The lowest BCUT2D eigenvalue weighted by Gasteiger charge is -2.23. The summed E-state index contributed by atoms with van der Waals surface area (Å²) in [5, 5.41) is 11.8. The van der Waals surface area contributed by atoms with Crippen LogP contribution in [0.5, 0.6) is 0 Å². The van der Waals surface area contributed by atoms with E-state index < -0.39 is 0 Å². The summed E-state index contributed by atoms with van der Waals surface area (Å²) in [6.07, 6.45) is 6.60. The molecule has 0 saturated carbocycles. The molecule has 1 aliphatic heterocycles. The Labute approximate surface area is 163 Å². The summed E-state index contributed by atoms with van der Waals surface area (Å²) in [5.41, 5.74) is 3.83. The molecule has 6 heteroatoms. The zero-order valence-corrected chi connectivity index (χ0v) is 16.2. The standard InChI is InChI=1S/C21H25N3O2S/c25-19(16-8-7-14-4-1-2-5-15(14)12-16)24-21-18(9-11-27-21)20(26)23-17-6-3-10-22-13-17/h7-9,11-12,17,22H,1-6,10,13H2,(H,23,26)(H,24,25)/t17-/m0/s1. The quantitative estimate of drug-likeness (QED) is 0.758. The molecule has 5 nitrogen and oxygen atoms in total. The molecule has 1 aromatic heterocycles. The molecule has 2 amide bonds. The molecular formula is C21H25N3O2S. The van der Waals surface area contributed by atoms with E-state index in [4.69, 9.17) is 0 Å². The van der Waals surface area contributed by atoms with Crippen molar-refractivity contribution in [2.75, 3.05) is 18.4 Å². The van der Waals surface area contributed by atoms with Crippen LogP contribution >= 0.6 is 11.3 Å². The van der Waals surface area contributed by atoms with Crippen LogP contribution in [0, 0.1) is 0 Å². The number of piperidine rings is 1. The molecule has 2 aromatic rings. The van der Waals surface area contributed by atoms with Crippen molar-refractivity contribution in [3.05, 3.63) is 51.9 Å². The molecule has 0 unspecified atom stereocenters. The van der Waals surface area contributed by atoms with Gasteiger partial charge in [0.15, 0.2) is 0 Å². The first-order valence-electron chi connectivity index (χ1n) is 9.73. The molecule has 4 rings (SSSR count). The molecule has 1 fully saturated rings. The third-order valence-corrected chi connectivity index (χ3v) is 6.21. The number of anilines is 1. The van der Waals surface area contributed by atoms with Crippen LogP contribution in [0.1, 0.15) is 57.5 Å². The van der Waals surface area contributed by atoms with Crippen molar-refractivity contribution in [1.29, 1.82) is 0 Å². The lowest BCUT2D eigenvalue weighted by molar-refractivity contribution is 0.0932. The van der Waals surface area contributed by atoms with Crippen LogP contribution in [0.2, 0.25) is 0 Å². The van der Waals surface area contributed by atoms with Gasteiger partial charge in [-0.1, -0.05) is 6.07 Å². The van der Waals surface area contributed by atoms with E-state index in [9.17, 15) is 9.59 Å². The van der Waals surface area contributed by atoms with E-state index in [0.717, 1.165) is 38.8 Å². The molecule has 2 aliphatic rings. The van der Waals surface area contributed by atoms with Gasteiger partial charge in [-0.2, -0.15) is 0 Å². The summed E-state index contributed by atoms with van der Waals surface area (Å²) in [5.74, 6) is -0.273. The number of hydrogen-bond donors (Lipinski definition) is 3. The van der Waals surface area contributed by atoms with E-state index in [0.29, 0.717) is 16.1 Å². The highest BCUT2D eigenvalue weighted by Crippen LogP contribution is 2.26. The molecule has 1 saturated heterocycles. The van der Waals surface area contributed by atoms with Gasteiger partial charge in [-0.3, -0.25) is 9.59 Å².